The normalized spacial score (nSPS) is 20.9. The lowest BCUT2D eigenvalue weighted by atomic mass is 10.0. The fourth-order valence-corrected chi connectivity index (χ4v) is 3.34. The Morgan fingerprint density at radius 3 is 2.92 bits per heavy atom. The molecule has 1 aliphatic rings. The van der Waals surface area contributed by atoms with Gasteiger partial charge < -0.3 is 19.5 Å². The number of aromatic amines is 1. The number of β-amino-alcohol motifs (C(OH)–C–C–N with tert-alkyl or cyclic N) is 1. The van der Waals surface area contributed by atoms with Crippen molar-refractivity contribution in [3.05, 3.63) is 47.2 Å². The summed E-state index contributed by atoms with van der Waals surface area (Å²) >= 11 is 0. The van der Waals surface area contributed by atoms with Gasteiger partial charge >= 0.3 is 0 Å². The third-order valence-electron chi connectivity index (χ3n) is 4.57. The van der Waals surface area contributed by atoms with Crippen LogP contribution in [0.4, 0.5) is 0 Å². The number of aromatic nitrogens is 3. The van der Waals surface area contributed by atoms with Gasteiger partial charge in [-0.05, 0) is 19.9 Å². The van der Waals surface area contributed by atoms with Gasteiger partial charge in [0, 0.05) is 29.6 Å². The molecule has 7 heteroatoms. The zero-order valence-electron chi connectivity index (χ0n) is 13.5. The maximum Gasteiger partial charge on any atom is 0.260 e. The number of amides is 1. The van der Waals surface area contributed by atoms with Crippen molar-refractivity contribution in [3.8, 4) is 0 Å². The fourth-order valence-electron chi connectivity index (χ4n) is 3.34. The summed E-state index contributed by atoms with van der Waals surface area (Å²) in [6, 6.07) is 7.71. The molecule has 0 radical (unpaired) electrons. The standard InChI is InChI=1S/C17H18N4O3/c1-10-14(12-5-3-4-6-13(12)18-10)15(22)21-8-7-17(23,9-21)16-19-11(2)20-24-16/h3-6,18,23H,7-9H2,1-2H3. The predicted molar refractivity (Wildman–Crippen MR) is 86.5 cm³/mol. The smallest absolute Gasteiger partial charge is 0.260 e. The highest BCUT2D eigenvalue weighted by atomic mass is 16.5. The molecule has 1 saturated heterocycles. The minimum Gasteiger partial charge on any atom is -0.378 e. The van der Waals surface area contributed by atoms with Crippen molar-refractivity contribution < 1.29 is 14.4 Å². The van der Waals surface area contributed by atoms with Crippen LogP contribution < -0.4 is 0 Å². The van der Waals surface area contributed by atoms with Crippen molar-refractivity contribution in [1.29, 1.82) is 0 Å². The van der Waals surface area contributed by atoms with Crippen molar-refractivity contribution >= 4 is 16.8 Å². The number of fused-ring (bicyclic) bond motifs is 1. The van der Waals surface area contributed by atoms with Crippen LogP contribution in [0.2, 0.25) is 0 Å². The molecule has 0 spiro atoms. The van der Waals surface area contributed by atoms with Crippen LogP contribution in [0.3, 0.4) is 0 Å². The minimum atomic E-state index is -1.28. The molecular formula is C17H18N4O3. The van der Waals surface area contributed by atoms with Gasteiger partial charge in [-0.3, -0.25) is 4.79 Å². The number of carbonyl (C=O) groups excluding carboxylic acids is 1. The van der Waals surface area contributed by atoms with Crippen molar-refractivity contribution in [1.82, 2.24) is 20.0 Å². The number of carbonyl (C=O) groups is 1. The van der Waals surface area contributed by atoms with E-state index >= 15 is 0 Å². The molecule has 1 atom stereocenters. The second-order valence-corrected chi connectivity index (χ2v) is 6.33. The molecule has 1 unspecified atom stereocenters. The van der Waals surface area contributed by atoms with Gasteiger partial charge in [-0.15, -0.1) is 0 Å². The first kappa shape index (κ1) is 14.9. The molecule has 0 aliphatic carbocycles. The van der Waals surface area contributed by atoms with Gasteiger partial charge in [-0.2, -0.15) is 4.98 Å². The number of H-pyrrole nitrogens is 1. The summed E-state index contributed by atoms with van der Waals surface area (Å²) in [6.45, 7) is 4.17. The number of nitrogens with one attached hydrogen (secondary N) is 1. The first-order chi connectivity index (χ1) is 11.5. The van der Waals surface area contributed by atoms with Crippen LogP contribution in [0, 0.1) is 13.8 Å². The third kappa shape index (κ3) is 2.20. The maximum absolute atomic E-state index is 13.0. The molecular weight excluding hydrogens is 308 g/mol. The maximum atomic E-state index is 13.0. The molecule has 3 heterocycles. The molecule has 1 amide bonds. The summed E-state index contributed by atoms with van der Waals surface area (Å²) in [5.74, 6) is 0.540. The number of aliphatic hydroxyl groups is 1. The number of hydrogen-bond donors (Lipinski definition) is 2. The van der Waals surface area contributed by atoms with Crippen molar-refractivity contribution in [3.63, 3.8) is 0 Å². The Bertz CT molecular complexity index is 929. The molecule has 0 saturated carbocycles. The highest BCUT2D eigenvalue weighted by Crippen LogP contribution is 2.33. The van der Waals surface area contributed by atoms with E-state index in [0.29, 0.717) is 24.4 Å². The summed E-state index contributed by atoms with van der Waals surface area (Å²) in [5, 5.41) is 15.4. The molecule has 24 heavy (non-hydrogen) atoms. The van der Waals surface area contributed by atoms with Gasteiger partial charge in [0.15, 0.2) is 11.4 Å². The van der Waals surface area contributed by atoms with E-state index in [1.54, 1.807) is 11.8 Å². The van der Waals surface area contributed by atoms with E-state index in [0.717, 1.165) is 16.6 Å². The van der Waals surface area contributed by atoms with Crippen molar-refractivity contribution in [2.75, 3.05) is 13.1 Å². The molecule has 4 rings (SSSR count). The van der Waals surface area contributed by atoms with Gasteiger partial charge in [-0.1, -0.05) is 23.4 Å². The first-order valence-electron chi connectivity index (χ1n) is 7.88. The van der Waals surface area contributed by atoms with Crippen LogP contribution in [-0.2, 0) is 5.60 Å². The highest BCUT2D eigenvalue weighted by Gasteiger charge is 2.44. The summed E-state index contributed by atoms with van der Waals surface area (Å²) in [7, 11) is 0. The fraction of sp³-hybridized carbons (Fsp3) is 0.353. The molecule has 1 fully saturated rings. The van der Waals surface area contributed by atoms with Crippen molar-refractivity contribution in [2.45, 2.75) is 25.9 Å². The Balaban J connectivity index is 1.65. The van der Waals surface area contributed by atoms with Crippen LogP contribution in [0.15, 0.2) is 28.8 Å². The summed E-state index contributed by atoms with van der Waals surface area (Å²) in [5.41, 5.74) is 1.12. The number of hydrogen-bond acceptors (Lipinski definition) is 5. The number of likely N-dealkylation sites (tertiary alicyclic amines) is 1. The molecule has 1 aromatic carbocycles. The number of benzene rings is 1. The first-order valence-corrected chi connectivity index (χ1v) is 7.88. The van der Waals surface area contributed by atoms with Crippen LogP contribution in [-0.4, -0.2) is 44.1 Å². The topological polar surface area (TPSA) is 95.3 Å². The predicted octanol–water partition coefficient (Wildman–Crippen LogP) is 1.90. The van der Waals surface area contributed by atoms with E-state index in [4.69, 9.17) is 4.52 Å². The zero-order chi connectivity index (χ0) is 16.9. The molecule has 7 nitrogen and oxygen atoms in total. The second-order valence-electron chi connectivity index (χ2n) is 6.33. The van der Waals surface area contributed by atoms with Crippen molar-refractivity contribution in [2.24, 2.45) is 0 Å². The number of rotatable bonds is 2. The van der Waals surface area contributed by atoms with Gasteiger partial charge in [0.2, 0.25) is 0 Å². The van der Waals surface area contributed by atoms with Crippen LogP contribution in [0.1, 0.15) is 34.2 Å². The third-order valence-corrected chi connectivity index (χ3v) is 4.57. The Morgan fingerprint density at radius 2 is 2.17 bits per heavy atom. The summed E-state index contributed by atoms with van der Waals surface area (Å²) < 4.78 is 5.11. The molecule has 3 aromatic rings. The summed E-state index contributed by atoms with van der Waals surface area (Å²) in [6.07, 6.45) is 0.377. The average Bonchev–Trinajstić information content (AvgIpc) is 3.24. The summed E-state index contributed by atoms with van der Waals surface area (Å²) in [4.78, 5) is 22.0. The lowest BCUT2D eigenvalue weighted by Crippen LogP contribution is -2.34. The Hall–Kier alpha value is -2.67. The van der Waals surface area contributed by atoms with Crippen LogP contribution >= 0.6 is 0 Å². The lowest BCUT2D eigenvalue weighted by Gasteiger charge is -2.20. The van der Waals surface area contributed by atoms with Gasteiger partial charge in [-0.25, -0.2) is 0 Å². The van der Waals surface area contributed by atoms with E-state index in [1.165, 1.54) is 0 Å². The van der Waals surface area contributed by atoms with E-state index in [2.05, 4.69) is 15.1 Å². The van der Waals surface area contributed by atoms with E-state index < -0.39 is 5.60 Å². The van der Waals surface area contributed by atoms with Gasteiger partial charge in [0.25, 0.3) is 11.8 Å². The van der Waals surface area contributed by atoms with E-state index in [1.807, 2.05) is 31.2 Å². The van der Waals surface area contributed by atoms with E-state index in [9.17, 15) is 9.90 Å². The quantitative estimate of drug-likeness (QED) is 0.750. The van der Waals surface area contributed by atoms with Crippen LogP contribution in [0.5, 0.6) is 0 Å². The zero-order valence-corrected chi connectivity index (χ0v) is 13.5. The molecule has 0 bridgehead atoms. The molecule has 2 aromatic heterocycles. The van der Waals surface area contributed by atoms with Gasteiger partial charge in [0.05, 0.1) is 12.1 Å². The number of nitrogens with zero attached hydrogens (tertiary/aromatic N) is 3. The Kier molecular flexibility index (Phi) is 3.21. The average molecular weight is 326 g/mol. The van der Waals surface area contributed by atoms with E-state index in [-0.39, 0.29) is 18.3 Å². The molecule has 124 valence electrons. The van der Waals surface area contributed by atoms with Crippen LogP contribution in [0.25, 0.3) is 10.9 Å². The highest BCUT2D eigenvalue weighted by molar-refractivity contribution is 6.08. The number of aryl methyl sites for hydroxylation is 2. The Morgan fingerprint density at radius 1 is 1.38 bits per heavy atom. The molecule has 1 aliphatic heterocycles. The Labute approximate surface area is 138 Å². The molecule has 2 N–H and O–H groups in total. The monoisotopic (exact) mass is 326 g/mol. The largest absolute Gasteiger partial charge is 0.378 e. The van der Waals surface area contributed by atoms with Gasteiger partial charge in [0.1, 0.15) is 0 Å². The SMILES string of the molecule is Cc1noc(C2(O)CCN(C(=O)c3c(C)[nH]c4ccccc34)C2)n1. The minimum absolute atomic E-state index is 0.0999. The lowest BCUT2D eigenvalue weighted by molar-refractivity contribution is 0.0136. The number of para-hydroxylation sites is 1. The second kappa shape index (κ2) is 5.17.